The van der Waals surface area contributed by atoms with Crippen molar-refractivity contribution >= 4 is 17.2 Å². The highest BCUT2D eigenvalue weighted by molar-refractivity contribution is 7.09. The monoisotopic (exact) mass is 294 g/mol. The van der Waals surface area contributed by atoms with Crippen molar-refractivity contribution < 1.29 is 4.79 Å². The fourth-order valence-electron chi connectivity index (χ4n) is 2.88. The van der Waals surface area contributed by atoms with Crippen LogP contribution >= 0.6 is 11.3 Å². The fourth-order valence-corrected chi connectivity index (χ4v) is 3.70. The van der Waals surface area contributed by atoms with Crippen LogP contribution in [-0.4, -0.2) is 17.4 Å². The molecule has 0 spiro atoms. The minimum Gasteiger partial charge on any atom is -0.356 e. The van der Waals surface area contributed by atoms with Gasteiger partial charge < -0.3 is 5.32 Å². The number of rotatable bonds is 7. The zero-order valence-electron chi connectivity index (χ0n) is 12.5. The topological polar surface area (TPSA) is 42.0 Å². The molecule has 1 fully saturated rings. The number of aryl methyl sites for hydroxylation is 2. The highest BCUT2D eigenvalue weighted by Crippen LogP contribution is 2.27. The second-order valence-electron chi connectivity index (χ2n) is 5.88. The van der Waals surface area contributed by atoms with Crippen molar-refractivity contribution in [3.63, 3.8) is 0 Å². The summed E-state index contributed by atoms with van der Waals surface area (Å²) in [4.78, 5) is 16.2. The van der Waals surface area contributed by atoms with Crippen LogP contribution in [0.5, 0.6) is 0 Å². The van der Waals surface area contributed by atoms with Crippen molar-refractivity contribution in [2.24, 2.45) is 5.92 Å². The lowest BCUT2D eigenvalue weighted by atomic mass is 9.86. The highest BCUT2D eigenvalue weighted by atomic mass is 32.1. The van der Waals surface area contributed by atoms with Gasteiger partial charge in [0.1, 0.15) is 0 Å². The summed E-state index contributed by atoms with van der Waals surface area (Å²) in [6.07, 6.45) is 10.5. The number of nitrogens with one attached hydrogen (secondary N) is 1. The van der Waals surface area contributed by atoms with E-state index in [4.69, 9.17) is 0 Å². The van der Waals surface area contributed by atoms with Gasteiger partial charge in [-0.25, -0.2) is 4.98 Å². The Hall–Kier alpha value is -0.900. The molecule has 20 heavy (non-hydrogen) atoms. The SMILES string of the molecule is Cc1csc(CCCNC(=O)CCC2CCCCC2)n1. The molecule has 1 aliphatic carbocycles. The van der Waals surface area contributed by atoms with E-state index in [2.05, 4.69) is 15.7 Å². The number of hydrogen-bond donors (Lipinski definition) is 1. The number of carbonyl (C=O) groups is 1. The van der Waals surface area contributed by atoms with E-state index in [1.165, 1.54) is 37.1 Å². The molecule has 0 atom stereocenters. The van der Waals surface area contributed by atoms with E-state index < -0.39 is 0 Å². The third kappa shape index (κ3) is 5.61. The number of aromatic nitrogens is 1. The largest absolute Gasteiger partial charge is 0.356 e. The molecule has 2 rings (SSSR count). The first-order chi connectivity index (χ1) is 9.74. The lowest BCUT2D eigenvalue weighted by Gasteiger charge is -2.20. The molecule has 1 amide bonds. The number of carbonyl (C=O) groups excluding carboxylic acids is 1. The van der Waals surface area contributed by atoms with Gasteiger partial charge in [-0.15, -0.1) is 11.3 Å². The van der Waals surface area contributed by atoms with Crippen LogP contribution in [0.2, 0.25) is 0 Å². The van der Waals surface area contributed by atoms with Gasteiger partial charge in [-0.1, -0.05) is 32.1 Å². The van der Waals surface area contributed by atoms with Crippen LogP contribution in [0, 0.1) is 12.8 Å². The summed E-state index contributed by atoms with van der Waals surface area (Å²) < 4.78 is 0. The first-order valence-corrected chi connectivity index (χ1v) is 8.79. The fraction of sp³-hybridized carbons (Fsp3) is 0.750. The molecule has 1 aliphatic rings. The molecule has 1 saturated carbocycles. The summed E-state index contributed by atoms with van der Waals surface area (Å²) in [6.45, 7) is 2.80. The Morgan fingerprint density at radius 2 is 2.20 bits per heavy atom. The quantitative estimate of drug-likeness (QED) is 0.776. The standard InChI is InChI=1S/C16H26N2OS/c1-13-12-20-16(18-13)8-5-11-17-15(19)10-9-14-6-3-2-4-7-14/h12,14H,2-11H2,1H3,(H,17,19). The zero-order chi connectivity index (χ0) is 14.2. The first kappa shape index (κ1) is 15.5. The van der Waals surface area contributed by atoms with Crippen molar-refractivity contribution in [2.75, 3.05) is 6.54 Å². The molecule has 1 heterocycles. The minimum absolute atomic E-state index is 0.228. The van der Waals surface area contributed by atoms with Gasteiger partial charge in [0, 0.05) is 30.5 Å². The third-order valence-corrected chi connectivity index (χ3v) is 5.09. The van der Waals surface area contributed by atoms with Crippen molar-refractivity contribution in [3.8, 4) is 0 Å². The van der Waals surface area contributed by atoms with Crippen LogP contribution in [0.25, 0.3) is 0 Å². The first-order valence-electron chi connectivity index (χ1n) is 7.92. The number of hydrogen-bond acceptors (Lipinski definition) is 3. The maximum Gasteiger partial charge on any atom is 0.220 e. The van der Waals surface area contributed by atoms with E-state index in [0.717, 1.165) is 37.4 Å². The van der Waals surface area contributed by atoms with E-state index in [-0.39, 0.29) is 5.91 Å². The van der Waals surface area contributed by atoms with Crippen LogP contribution in [0.1, 0.15) is 62.1 Å². The highest BCUT2D eigenvalue weighted by Gasteiger charge is 2.14. The van der Waals surface area contributed by atoms with Gasteiger partial charge in [0.05, 0.1) is 5.01 Å². The van der Waals surface area contributed by atoms with Crippen molar-refractivity contribution in [1.29, 1.82) is 0 Å². The Balaban J connectivity index is 1.51. The van der Waals surface area contributed by atoms with Crippen LogP contribution in [0.15, 0.2) is 5.38 Å². The molecule has 0 saturated heterocycles. The van der Waals surface area contributed by atoms with Crippen LogP contribution in [0.4, 0.5) is 0 Å². The average molecular weight is 294 g/mol. The maximum atomic E-state index is 11.8. The van der Waals surface area contributed by atoms with E-state index >= 15 is 0 Å². The molecule has 0 aromatic carbocycles. The Kier molecular flexibility index (Phi) is 6.51. The lowest BCUT2D eigenvalue weighted by molar-refractivity contribution is -0.121. The normalized spacial score (nSPS) is 16.2. The van der Waals surface area contributed by atoms with Crippen LogP contribution in [-0.2, 0) is 11.2 Å². The third-order valence-electron chi connectivity index (χ3n) is 4.06. The molecule has 1 aromatic rings. The summed E-state index contributed by atoms with van der Waals surface area (Å²) in [6, 6.07) is 0. The molecule has 4 heteroatoms. The molecular formula is C16H26N2OS. The van der Waals surface area contributed by atoms with Gasteiger partial charge in [-0.05, 0) is 25.7 Å². The van der Waals surface area contributed by atoms with Gasteiger partial charge in [-0.2, -0.15) is 0 Å². The molecule has 1 aromatic heterocycles. The molecule has 1 N–H and O–H groups in total. The van der Waals surface area contributed by atoms with Gasteiger partial charge in [0.15, 0.2) is 0 Å². The molecule has 0 bridgehead atoms. The van der Waals surface area contributed by atoms with E-state index in [1.54, 1.807) is 11.3 Å². The Labute approximate surface area is 126 Å². The molecule has 112 valence electrons. The summed E-state index contributed by atoms with van der Waals surface area (Å²) in [5, 5.41) is 6.30. The number of amides is 1. The molecule has 0 unspecified atom stereocenters. The summed E-state index contributed by atoms with van der Waals surface area (Å²) >= 11 is 1.71. The minimum atomic E-state index is 0.228. The predicted octanol–water partition coefficient (Wildman–Crippen LogP) is 3.86. The molecule has 0 radical (unpaired) electrons. The van der Waals surface area contributed by atoms with Gasteiger partial charge in [0.2, 0.25) is 5.91 Å². The Morgan fingerprint density at radius 3 is 2.90 bits per heavy atom. The van der Waals surface area contributed by atoms with Crippen molar-refractivity contribution in [3.05, 3.63) is 16.1 Å². The summed E-state index contributed by atoms with van der Waals surface area (Å²) in [7, 11) is 0. The Morgan fingerprint density at radius 1 is 1.40 bits per heavy atom. The van der Waals surface area contributed by atoms with Crippen molar-refractivity contribution in [1.82, 2.24) is 10.3 Å². The van der Waals surface area contributed by atoms with E-state index in [1.807, 2.05) is 6.92 Å². The van der Waals surface area contributed by atoms with E-state index in [9.17, 15) is 4.79 Å². The van der Waals surface area contributed by atoms with Gasteiger partial charge >= 0.3 is 0 Å². The molecule has 0 aliphatic heterocycles. The zero-order valence-corrected chi connectivity index (χ0v) is 13.3. The molecule has 3 nitrogen and oxygen atoms in total. The average Bonchev–Trinajstić information content (AvgIpc) is 2.88. The Bertz CT molecular complexity index is 410. The predicted molar refractivity (Wildman–Crippen MR) is 84.0 cm³/mol. The number of nitrogens with zero attached hydrogens (tertiary/aromatic N) is 1. The second kappa shape index (κ2) is 8.40. The van der Waals surface area contributed by atoms with Crippen LogP contribution < -0.4 is 5.32 Å². The van der Waals surface area contributed by atoms with Gasteiger partial charge in [-0.3, -0.25) is 4.79 Å². The van der Waals surface area contributed by atoms with Crippen molar-refractivity contribution in [2.45, 2.75) is 64.7 Å². The van der Waals surface area contributed by atoms with E-state index in [0.29, 0.717) is 6.42 Å². The van der Waals surface area contributed by atoms with Crippen LogP contribution in [0.3, 0.4) is 0 Å². The summed E-state index contributed by atoms with van der Waals surface area (Å²) in [5.74, 6) is 1.03. The smallest absolute Gasteiger partial charge is 0.220 e. The lowest BCUT2D eigenvalue weighted by Crippen LogP contribution is -2.25. The van der Waals surface area contributed by atoms with Gasteiger partial charge in [0.25, 0.3) is 0 Å². The second-order valence-corrected chi connectivity index (χ2v) is 6.82. The number of thiazole rings is 1. The molecular weight excluding hydrogens is 268 g/mol. The summed E-state index contributed by atoms with van der Waals surface area (Å²) in [5.41, 5.74) is 1.10. The maximum absolute atomic E-state index is 11.8.